The number of amides is 1. The van der Waals surface area contributed by atoms with Crippen molar-refractivity contribution in [2.45, 2.75) is 31.5 Å². The summed E-state index contributed by atoms with van der Waals surface area (Å²) < 4.78 is 1.38. The fourth-order valence-electron chi connectivity index (χ4n) is 2.71. The van der Waals surface area contributed by atoms with Crippen LogP contribution in [-0.4, -0.2) is 32.2 Å². The van der Waals surface area contributed by atoms with E-state index >= 15 is 0 Å². The van der Waals surface area contributed by atoms with Crippen LogP contribution in [0.25, 0.3) is 16.6 Å². The van der Waals surface area contributed by atoms with Gasteiger partial charge in [0.1, 0.15) is 0 Å². The Morgan fingerprint density at radius 3 is 2.59 bits per heavy atom. The Balaban J connectivity index is 2.03. The second-order valence-electron chi connectivity index (χ2n) is 6.49. The predicted molar refractivity (Wildman–Crippen MR) is 113 cm³/mol. The van der Waals surface area contributed by atoms with Crippen LogP contribution in [0.3, 0.4) is 0 Å². The summed E-state index contributed by atoms with van der Waals surface area (Å²) in [4.78, 5) is 40.3. The number of benzene rings is 2. The zero-order valence-corrected chi connectivity index (χ0v) is 16.8. The normalized spacial score (nSPS) is 11.9. The molecule has 0 radical (unpaired) electrons. The topological polar surface area (TPSA) is 107 Å². The highest BCUT2D eigenvalue weighted by molar-refractivity contribution is 7.99. The number of non-ortho nitro benzene ring substituents is 1. The molecule has 9 heteroatoms. The van der Waals surface area contributed by atoms with Crippen LogP contribution in [0.15, 0.2) is 58.5 Å². The lowest BCUT2D eigenvalue weighted by atomic mass is 10.2. The SMILES string of the molecule is CC[C@@H](C)NC(=O)CSc1nc2ccccc2c(=O)n1-c1ccc([N+](=O)[O-])cc1. The molecule has 0 aliphatic heterocycles. The first-order chi connectivity index (χ1) is 13.9. The molecular formula is C20H20N4O4S. The Bertz CT molecular complexity index is 1110. The van der Waals surface area contributed by atoms with Crippen LogP contribution in [0.2, 0.25) is 0 Å². The first kappa shape index (κ1) is 20.5. The molecule has 29 heavy (non-hydrogen) atoms. The molecule has 3 aromatic rings. The minimum Gasteiger partial charge on any atom is -0.353 e. The average Bonchev–Trinajstić information content (AvgIpc) is 2.72. The monoisotopic (exact) mass is 412 g/mol. The van der Waals surface area contributed by atoms with Gasteiger partial charge in [0.05, 0.1) is 27.3 Å². The minimum atomic E-state index is -0.500. The van der Waals surface area contributed by atoms with E-state index in [0.29, 0.717) is 21.7 Å². The van der Waals surface area contributed by atoms with Crippen LogP contribution < -0.4 is 10.9 Å². The zero-order valence-electron chi connectivity index (χ0n) is 16.0. The van der Waals surface area contributed by atoms with Gasteiger partial charge < -0.3 is 5.32 Å². The summed E-state index contributed by atoms with van der Waals surface area (Å²) in [5, 5.41) is 14.6. The van der Waals surface area contributed by atoms with Crippen molar-refractivity contribution in [1.82, 2.24) is 14.9 Å². The largest absolute Gasteiger partial charge is 0.353 e. The molecule has 0 fully saturated rings. The van der Waals surface area contributed by atoms with Crippen molar-refractivity contribution in [2.75, 3.05) is 5.75 Å². The quantitative estimate of drug-likeness (QED) is 0.276. The van der Waals surface area contributed by atoms with Gasteiger partial charge in [-0.15, -0.1) is 0 Å². The third kappa shape index (κ3) is 4.62. The fourth-order valence-corrected chi connectivity index (χ4v) is 3.53. The lowest BCUT2D eigenvalue weighted by molar-refractivity contribution is -0.384. The summed E-state index contributed by atoms with van der Waals surface area (Å²) in [7, 11) is 0. The van der Waals surface area contributed by atoms with Gasteiger partial charge in [-0.3, -0.25) is 24.3 Å². The van der Waals surface area contributed by atoms with Crippen LogP contribution >= 0.6 is 11.8 Å². The van der Waals surface area contributed by atoms with Crippen molar-refractivity contribution in [3.05, 3.63) is 69.0 Å². The lowest BCUT2D eigenvalue weighted by Crippen LogP contribution is -2.33. The summed E-state index contributed by atoms with van der Waals surface area (Å²) in [5.74, 6) is -0.0516. The van der Waals surface area contributed by atoms with Crippen LogP contribution in [0.4, 0.5) is 5.69 Å². The van der Waals surface area contributed by atoms with E-state index in [9.17, 15) is 19.7 Å². The van der Waals surface area contributed by atoms with Gasteiger partial charge in [-0.1, -0.05) is 30.8 Å². The molecule has 0 saturated carbocycles. The molecule has 3 rings (SSSR count). The van der Waals surface area contributed by atoms with Crippen LogP contribution in [0, 0.1) is 10.1 Å². The first-order valence-corrected chi connectivity index (χ1v) is 10.1. The van der Waals surface area contributed by atoms with Crippen LogP contribution in [0.1, 0.15) is 20.3 Å². The Kier molecular flexibility index (Phi) is 6.28. The molecule has 8 nitrogen and oxygen atoms in total. The third-order valence-corrected chi connectivity index (χ3v) is 5.35. The van der Waals surface area contributed by atoms with Crippen LogP contribution in [-0.2, 0) is 4.79 Å². The van der Waals surface area contributed by atoms with Gasteiger partial charge in [0.15, 0.2) is 5.16 Å². The standard InChI is InChI=1S/C20H20N4O4S/c1-3-13(2)21-18(25)12-29-20-22-17-7-5-4-6-16(17)19(26)23(20)14-8-10-15(11-9-14)24(27)28/h4-11,13H,3,12H2,1-2H3,(H,21,25)/t13-/m1/s1. The number of fused-ring (bicyclic) bond motifs is 1. The van der Waals surface area contributed by atoms with Crippen molar-refractivity contribution in [1.29, 1.82) is 0 Å². The summed E-state index contributed by atoms with van der Waals surface area (Å²) in [6, 6.07) is 12.7. The highest BCUT2D eigenvalue weighted by Gasteiger charge is 2.16. The summed E-state index contributed by atoms with van der Waals surface area (Å²) in [6.45, 7) is 3.90. The van der Waals surface area contributed by atoms with E-state index in [0.717, 1.165) is 18.2 Å². The molecular weight excluding hydrogens is 392 g/mol. The smallest absolute Gasteiger partial charge is 0.269 e. The molecule has 2 aromatic carbocycles. The maximum absolute atomic E-state index is 13.1. The van der Waals surface area contributed by atoms with E-state index in [1.165, 1.54) is 28.8 Å². The fraction of sp³-hybridized carbons (Fsp3) is 0.250. The minimum absolute atomic E-state index is 0.0597. The van der Waals surface area contributed by atoms with Crippen molar-refractivity contribution in [2.24, 2.45) is 0 Å². The van der Waals surface area contributed by atoms with Crippen molar-refractivity contribution in [3.8, 4) is 5.69 Å². The number of aromatic nitrogens is 2. The molecule has 1 atom stereocenters. The van der Waals surface area contributed by atoms with Crippen LogP contribution in [0.5, 0.6) is 0 Å². The number of hydrogen-bond donors (Lipinski definition) is 1. The van der Waals surface area contributed by atoms with Crippen molar-refractivity contribution < 1.29 is 9.72 Å². The number of rotatable bonds is 7. The van der Waals surface area contributed by atoms with E-state index < -0.39 is 4.92 Å². The number of para-hydroxylation sites is 1. The molecule has 0 unspecified atom stereocenters. The lowest BCUT2D eigenvalue weighted by Gasteiger charge is -2.14. The average molecular weight is 412 g/mol. The summed E-state index contributed by atoms with van der Waals surface area (Å²) >= 11 is 1.15. The maximum atomic E-state index is 13.1. The Labute approximate surface area is 171 Å². The van der Waals surface area contributed by atoms with Crippen molar-refractivity contribution in [3.63, 3.8) is 0 Å². The van der Waals surface area contributed by atoms with Crippen molar-refractivity contribution >= 4 is 34.3 Å². The number of nitro groups is 1. The number of nitrogens with one attached hydrogen (secondary N) is 1. The second kappa shape index (κ2) is 8.87. The van der Waals surface area contributed by atoms with E-state index in [4.69, 9.17) is 0 Å². The van der Waals surface area contributed by atoms with E-state index in [-0.39, 0.29) is 28.9 Å². The number of nitrogens with zero attached hydrogens (tertiary/aromatic N) is 3. The third-order valence-electron chi connectivity index (χ3n) is 4.42. The molecule has 1 N–H and O–H groups in total. The Morgan fingerprint density at radius 1 is 1.24 bits per heavy atom. The van der Waals surface area contributed by atoms with Gasteiger partial charge in [-0.25, -0.2) is 4.98 Å². The molecule has 1 aromatic heterocycles. The highest BCUT2D eigenvalue weighted by Crippen LogP contribution is 2.22. The first-order valence-electron chi connectivity index (χ1n) is 9.09. The molecule has 0 spiro atoms. The number of carbonyl (C=O) groups excluding carboxylic acids is 1. The van der Waals surface area contributed by atoms with Gasteiger partial charge >= 0.3 is 0 Å². The molecule has 0 aliphatic carbocycles. The van der Waals surface area contributed by atoms with Gasteiger partial charge in [0.2, 0.25) is 5.91 Å². The van der Waals surface area contributed by atoms with E-state index in [2.05, 4.69) is 10.3 Å². The van der Waals surface area contributed by atoms with Gasteiger partial charge in [-0.05, 0) is 37.6 Å². The predicted octanol–water partition coefficient (Wildman–Crippen LogP) is 3.30. The molecule has 150 valence electrons. The maximum Gasteiger partial charge on any atom is 0.269 e. The molecule has 0 aliphatic rings. The van der Waals surface area contributed by atoms with Gasteiger partial charge in [-0.2, -0.15) is 0 Å². The Hall–Kier alpha value is -3.20. The number of hydrogen-bond acceptors (Lipinski definition) is 6. The van der Waals surface area contributed by atoms with E-state index in [1.54, 1.807) is 24.3 Å². The number of thioether (sulfide) groups is 1. The summed E-state index contributed by atoms with van der Waals surface area (Å²) in [6.07, 6.45) is 0.818. The second-order valence-corrected chi connectivity index (χ2v) is 7.43. The highest BCUT2D eigenvalue weighted by atomic mass is 32.2. The molecule has 0 saturated heterocycles. The molecule has 1 heterocycles. The molecule has 1 amide bonds. The number of carbonyl (C=O) groups is 1. The van der Waals surface area contributed by atoms with Gasteiger partial charge in [0.25, 0.3) is 11.2 Å². The number of nitro benzene ring substituents is 1. The Morgan fingerprint density at radius 2 is 1.93 bits per heavy atom. The summed E-state index contributed by atoms with van der Waals surface area (Å²) in [5.41, 5.74) is 0.608. The van der Waals surface area contributed by atoms with Gasteiger partial charge in [0, 0.05) is 18.2 Å². The zero-order chi connectivity index (χ0) is 21.0. The molecule has 0 bridgehead atoms. The van der Waals surface area contributed by atoms with E-state index in [1.807, 2.05) is 13.8 Å².